The molecule has 1 aromatic carbocycles. The smallest absolute Gasteiger partial charge is 0.407 e. The van der Waals surface area contributed by atoms with E-state index in [1.165, 1.54) is 22.6 Å². The highest BCUT2D eigenvalue weighted by Gasteiger charge is 2.34. The molecule has 0 radical (unpaired) electrons. The second kappa shape index (κ2) is 10.9. The number of carbonyl (C=O) groups is 1. The summed E-state index contributed by atoms with van der Waals surface area (Å²) >= 11 is 0. The first-order valence-corrected chi connectivity index (χ1v) is 14.6. The van der Waals surface area contributed by atoms with Gasteiger partial charge in [-0.25, -0.2) is 23.5 Å². The molecular weight excluding hydrogens is 551 g/mol. The van der Waals surface area contributed by atoms with Crippen LogP contribution in [-0.4, -0.2) is 68.4 Å². The molecule has 1 unspecified atom stereocenters. The molecule has 43 heavy (non-hydrogen) atoms. The molecule has 2 aliphatic rings. The summed E-state index contributed by atoms with van der Waals surface area (Å²) in [4.78, 5) is 43.6. The number of methoxy groups -OCH3 is 1. The molecule has 1 atom stereocenters. The summed E-state index contributed by atoms with van der Waals surface area (Å²) < 4.78 is 22.0. The number of fused-ring (bicyclic) bond motifs is 1. The van der Waals surface area contributed by atoms with Crippen molar-refractivity contribution in [2.45, 2.75) is 58.4 Å². The van der Waals surface area contributed by atoms with E-state index in [9.17, 15) is 19.1 Å². The van der Waals surface area contributed by atoms with Crippen molar-refractivity contribution < 1.29 is 19.0 Å². The molecule has 0 bridgehead atoms. The van der Waals surface area contributed by atoms with Gasteiger partial charge in [-0.05, 0) is 73.9 Å². The van der Waals surface area contributed by atoms with Crippen LogP contribution in [0.15, 0.2) is 41.3 Å². The molecule has 4 aromatic rings. The Balaban J connectivity index is 1.70. The van der Waals surface area contributed by atoms with Crippen LogP contribution in [0.5, 0.6) is 5.75 Å². The first-order valence-electron chi connectivity index (χ1n) is 14.6. The van der Waals surface area contributed by atoms with Crippen LogP contribution in [0.4, 0.5) is 15.0 Å². The number of hydrogen-bond donors (Lipinski definition) is 1. The molecule has 1 amide bonds. The normalized spacial score (nSPS) is 17.1. The number of ether oxygens (including phenoxy) is 1. The summed E-state index contributed by atoms with van der Waals surface area (Å²) in [6, 6.07) is 8.44. The summed E-state index contributed by atoms with van der Waals surface area (Å²) in [5.41, 5.74) is 4.08. The van der Waals surface area contributed by atoms with E-state index in [1.807, 2.05) is 44.7 Å². The van der Waals surface area contributed by atoms with Crippen molar-refractivity contribution in [2.24, 2.45) is 0 Å². The van der Waals surface area contributed by atoms with Crippen LogP contribution in [0.2, 0.25) is 0 Å². The summed E-state index contributed by atoms with van der Waals surface area (Å²) in [6.45, 7) is 8.83. The van der Waals surface area contributed by atoms with Crippen LogP contribution in [-0.2, 0) is 0 Å². The molecule has 0 spiro atoms. The highest BCUT2D eigenvalue weighted by Crippen LogP contribution is 2.47. The van der Waals surface area contributed by atoms with Gasteiger partial charge < -0.3 is 19.6 Å². The highest BCUT2D eigenvalue weighted by atomic mass is 19.1. The number of aryl methyl sites for hydroxylation is 1. The van der Waals surface area contributed by atoms with Gasteiger partial charge in [0, 0.05) is 37.4 Å². The lowest BCUT2D eigenvalue weighted by Crippen LogP contribution is -2.54. The van der Waals surface area contributed by atoms with Gasteiger partial charge in [0.25, 0.3) is 0 Å². The van der Waals surface area contributed by atoms with E-state index in [2.05, 4.69) is 9.97 Å². The molecule has 6 rings (SSSR count). The molecule has 10 nitrogen and oxygen atoms in total. The molecule has 11 heteroatoms. The van der Waals surface area contributed by atoms with Crippen LogP contribution >= 0.6 is 0 Å². The molecule has 3 aromatic heterocycles. The van der Waals surface area contributed by atoms with Crippen molar-refractivity contribution in [3.63, 3.8) is 0 Å². The maximum atomic E-state index is 15.0. The fraction of sp³-hybridized carbons (Fsp3) is 0.406. The zero-order chi connectivity index (χ0) is 30.6. The molecule has 1 aliphatic heterocycles. The van der Waals surface area contributed by atoms with Crippen molar-refractivity contribution in [3.8, 4) is 22.7 Å². The third kappa shape index (κ3) is 4.96. The second-order valence-corrected chi connectivity index (χ2v) is 11.7. The molecule has 2 fully saturated rings. The Kier molecular flexibility index (Phi) is 7.27. The summed E-state index contributed by atoms with van der Waals surface area (Å²) in [6.07, 6.45) is 2.69. The van der Waals surface area contributed by atoms with Gasteiger partial charge in [0.15, 0.2) is 17.2 Å². The number of para-hydroxylation sites is 1. The molecule has 4 heterocycles. The minimum atomic E-state index is -0.973. The fourth-order valence-electron chi connectivity index (χ4n) is 6.12. The van der Waals surface area contributed by atoms with Gasteiger partial charge in [-0.2, -0.15) is 4.98 Å². The van der Waals surface area contributed by atoms with Gasteiger partial charge in [-0.1, -0.05) is 19.9 Å². The standard InChI is InChI=1S/C32H35FN6O4/c1-17(2)25-27(18(3)11-12-34-25)39-30-23(29(36-31(39)40)38-14-13-37(32(41)42)16-19(38)4)15-22(20-9-10-20)26(35-30)21-7-6-8-24(33)28(21)43-5/h6-8,11-12,15,17,19-20H,9-10,13-14,16H2,1-5H3,(H,41,42). The van der Waals surface area contributed by atoms with Crippen molar-refractivity contribution in [2.75, 3.05) is 31.6 Å². The number of anilines is 1. The number of piperazine rings is 1. The Labute approximate surface area is 248 Å². The van der Waals surface area contributed by atoms with E-state index >= 15 is 0 Å². The average molecular weight is 587 g/mol. The van der Waals surface area contributed by atoms with Crippen LogP contribution < -0.4 is 15.3 Å². The first kappa shape index (κ1) is 28.6. The van der Waals surface area contributed by atoms with E-state index < -0.39 is 17.6 Å². The summed E-state index contributed by atoms with van der Waals surface area (Å²) in [5, 5.41) is 10.3. The van der Waals surface area contributed by atoms with Gasteiger partial charge in [0.2, 0.25) is 0 Å². The number of rotatable bonds is 6. The Hall–Kier alpha value is -4.54. The fourth-order valence-corrected chi connectivity index (χ4v) is 6.12. The largest absolute Gasteiger partial charge is 0.493 e. The average Bonchev–Trinajstić information content (AvgIpc) is 3.82. The summed E-state index contributed by atoms with van der Waals surface area (Å²) in [5.74, 6) is 0.300. The third-order valence-corrected chi connectivity index (χ3v) is 8.42. The molecule has 1 saturated carbocycles. The maximum Gasteiger partial charge on any atom is 0.407 e. The maximum absolute atomic E-state index is 15.0. The lowest BCUT2D eigenvalue weighted by molar-refractivity contribution is 0.136. The van der Waals surface area contributed by atoms with Crippen molar-refractivity contribution >= 4 is 22.9 Å². The summed E-state index contributed by atoms with van der Waals surface area (Å²) in [7, 11) is 1.43. The molecule has 1 saturated heterocycles. The van der Waals surface area contributed by atoms with Gasteiger partial charge in [-0.15, -0.1) is 0 Å². The molecular formula is C32H35FN6O4. The number of nitrogens with zero attached hydrogens (tertiary/aromatic N) is 6. The zero-order valence-corrected chi connectivity index (χ0v) is 25.0. The minimum absolute atomic E-state index is 0.00849. The zero-order valence-electron chi connectivity index (χ0n) is 25.0. The number of hydrogen-bond acceptors (Lipinski definition) is 7. The lowest BCUT2D eigenvalue weighted by Gasteiger charge is -2.39. The van der Waals surface area contributed by atoms with E-state index in [-0.39, 0.29) is 36.7 Å². The van der Waals surface area contributed by atoms with Crippen molar-refractivity contribution in [1.82, 2.24) is 24.4 Å². The van der Waals surface area contributed by atoms with Gasteiger partial charge in [0.1, 0.15) is 5.82 Å². The Morgan fingerprint density at radius 3 is 2.58 bits per heavy atom. The van der Waals surface area contributed by atoms with E-state index in [0.717, 1.165) is 29.7 Å². The number of amides is 1. The number of halogens is 1. The molecule has 1 aliphatic carbocycles. The number of benzene rings is 1. The highest BCUT2D eigenvalue weighted by molar-refractivity contribution is 5.92. The predicted octanol–water partition coefficient (Wildman–Crippen LogP) is 5.49. The molecule has 224 valence electrons. The first-order chi connectivity index (χ1) is 20.6. The number of aromatic nitrogens is 4. The topological polar surface area (TPSA) is 114 Å². The van der Waals surface area contributed by atoms with Crippen molar-refractivity contribution in [1.29, 1.82) is 0 Å². The lowest BCUT2D eigenvalue weighted by atomic mass is 9.99. The quantitative estimate of drug-likeness (QED) is 0.316. The van der Waals surface area contributed by atoms with Crippen LogP contribution in [0.1, 0.15) is 62.3 Å². The van der Waals surface area contributed by atoms with Crippen molar-refractivity contribution in [3.05, 3.63) is 69.7 Å². The monoisotopic (exact) mass is 586 g/mol. The molecule has 1 N–H and O–H groups in total. The minimum Gasteiger partial charge on any atom is -0.493 e. The van der Waals surface area contributed by atoms with Gasteiger partial charge in [0.05, 0.1) is 29.6 Å². The Morgan fingerprint density at radius 2 is 1.93 bits per heavy atom. The predicted molar refractivity (Wildman–Crippen MR) is 162 cm³/mol. The number of pyridine rings is 2. The van der Waals surface area contributed by atoms with E-state index in [1.54, 1.807) is 18.3 Å². The van der Waals surface area contributed by atoms with E-state index in [0.29, 0.717) is 40.3 Å². The second-order valence-electron chi connectivity index (χ2n) is 11.7. The number of carboxylic acid groups (broad SMARTS) is 1. The SMILES string of the molecule is COc1c(F)cccc1-c1nc2c(cc1C1CC1)c(N1CCN(C(=O)O)CC1C)nc(=O)n2-c1c(C)ccnc1C(C)C. The van der Waals surface area contributed by atoms with Crippen LogP contribution in [0.3, 0.4) is 0 Å². The van der Waals surface area contributed by atoms with Crippen LogP contribution in [0.25, 0.3) is 28.0 Å². The van der Waals surface area contributed by atoms with E-state index in [4.69, 9.17) is 9.72 Å². The third-order valence-electron chi connectivity index (χ3n) is 8.42. The van der Waals surface area contributed by atoms with Crippen LogP contribution in [0, 0.1) is 12.7 Å². The Morgan fingerprint density at radius 1 is 1.16 bits per heavy atom. The van der Waals surface area contributed by atoms with Gasteiger partial charge in [-0.3, -0.25) is 4.98 Å². The Bertz CT molecular complexity index is 1800. The van der Waals surface area contributed by atoms with Gasteiger partial charge >= 0.3 is 11.8 Å².